The summed E-state index contributed by atoms with van der Waals surface area (Å²) >= 11 is 0. The van der Waals surface area contributed by atoms with Crippen LogP contribution in [0.2, 0.25) is 0 Å². The van der Waals surface area contributed by atoms with Gasteiger partial charge in [-0.3, -0.25) is 0 Å². The van der Waals surface area contributed by atoms with E-state index in [-0.39, 0.29) is 0 Å². The fourth-order valence-corrected chi connectivity index (χ4v) is 4.55. The van der Waals surface area contributed by atoms with Gasteiger partial charge < -0.3 is 9.67 Å². The molecule has 4 heteroatoms. The summed E-state index contributed by atoms with van der Waals surface area (Å²) in [4.78, 5) is 16.8. The molecule has 0 unspecified atom stereocenters. The van der Waals surface area contributed by atoms with Crippen molar-refractivity contribution in [2.24, 2.45) is 0 Å². The molecule has 0 aliphatic rings. The number of fused-ring (bicyclic) bond motifs is 2. The van der Waals surface area contributed by atoms with E-state index in [4.69, 9.17) is 4.98 Å². The molecule has 1 N–H and O–H groups in total. The molecule has 0 saturated heterocycles. The van der Waals surface area contributed by atoms with Crippen molar-refractivity contribution in [3.63, 3.8) is 0 Å². The molecule has 0 aliphatic heterocycles. The number of imidazole rings is 1. The zero-order valence-electron chi connectivity index (χ0n) is 18.7. The van der Waals surface area contributed by atoms with Gasteiger partial charge in [0.2, 0.25) is 0 Å². The molecule has 4 nitrogen and oxygen atoms in total. The van der Waals surface area contributed by atoms with Gasteiger partial charge in [0.25, 0.3) is 0 Å². The number of aryl methyl sites for hydroxylation is 1. The molecule has 0 aliphatic carbocycles. The van der Waals surface area contributed by atoms with Gasteiger partial charge in [0.05, 0.1) is 16.6 Å². The maximum atomic E-state index is 12.0. The Morgan fingerprint density at radius 1 is 0.909 bits per heavy atom. The molecular formula is C29H26N2O2. The van der Waals surface area contributed by atoms with E-state index in [1.807, 2.05) is 48.5 Å². The summed E-state index contributed by atoms with van der Waals surface area (Å²) in [7, 11) is 0. The maximum Gasteiger partial charge on any atom is 0.336 e. The van der Waals surface area contributed by atoms with Gasteiger partial charge in [-0.05, 0) is 46.5 Å². The first kappa shape index (κ1) is 21.0. The summed E-state index contributed by atoms with van der Waals surface area (Å²) in [5.74, 6) is 0.203. The van der Waals surface area contributed by atoms with Crippen molar-refractivity contribution in [1.29, 1.82) is 0 Å². The lowest BCUT2D eigenvalue weighted by molar-refractivity contribution is 0.0698. The predicted octanol–water partition coefficient (Wildman–Crippen LogP) is 6.95. The third kappa shape index (κ3) is 4.00. The summed E-state index contributed by atoms with van der Waals surface area (Å²) in [6.45, 7) is 2.94. The summed E-state index contributed by atoms with van der Waals surface area (Å²) in [5.41, 5.74) is 5.34. The number of aromatic nitrogens is 2. The number of nitrogens with zero attached hydrogens (tertiary/aromatic N) is 2. The fraction of sp³-hybridized carbons (Fsp3) is 0.172. The van der Waals surface area contributed by atoms with Crippen molar-refractivity contribution >= 4 is 27.8 Å². The van der Waals surface area contributed by atoms with Crippen LogP contribution in [0.3, 0.4) is 0 Å². The Morgan fingerprint density at radius 3 is 2.45 bits per heavy atom. The first-order valence-corrected chi connectivity index (χ1v) is 11.4. The Kier molecular flexibility index (Phi) is 5.66. The number of carbonyl (C=O) groups is 1. The smallest absolute Gasteiger partial charge is 0.336 e. The van der Waals surface area contributed by atoms with Crippen LogP contribution in [0, 0.1) is 0 Å². The second-order valence-corrected chi connectivity index (χ2v) is 8.42. The Hall–Kier alpha value is -3.92. The van der Waals surface area contributed by atoms with Crippen LogP contribution in [0.15, 0.2) is 84.9 Å². The van der Waals surface area contributed by atoms with Crippen molar-refractivity contribution in [3.05, 3.63) is 102 Å². The zero-order valence-corrected chi connectivity index (χ0v) is 18.7. The zero-order chi connectivity index (χ0) is 22.8. The molecule has 0 spiro atoms. The Bertz CT molecular complexity index is 1450. The number of benzene rings is 4. The van der Waals surface area contributed by atoms with Crippen molar-refractivity contribution in [1.82, 2.24) is 9.55 Å². The van der Waals surface area contributed by atoms with Gasteiger partial charge in [-0.25, -0.2) is 9.78 Å². The lowest BCUT2D eigenvalue weighted by atomic mass is 9.93. The number of carboxylic acid groups (broad SMARTS) is 1. The number of hydrogen-bond donors (Lipinski definition) is 1. The van der Waals surface area contributed by atoms with Crippen molar-refractivity contribution in [2.45, 2.75) is 32.7 Å². The molecule has 1 heterocycles. The van der Waals surface area contributed by atoms with Crippen molar-refractivity contribution < 1.29 is 9.90 Å². The number of unbranched alkanes of at least 4 members (excludes halogenated alkanes) is 1. The maximum absolute atomic E-state index is 12.0. The highest BCUT2D eigenvalue weighted by atomic mass is 16.4. The fourth-order valence-electron chi connectivity index (χ4n) is 4.55. The normalized spacial score (nSPS) is 11.3. The lowest BCUT2D eigenvalue weighted by Crippen LogP contribution is -2.05. The Labute approximate surface area is 193 Å². The number of aromatic carboxylic acids is 1. The number of rotatable bonds is 7. The first-order valence-electron chi connectivity index (χ1n) is 11.4. The molecule has 0 saturated carbocycles. The predicted molar refractivity (Wildman–Crippen MR) is 134 cm³/mol. The molecule has 164 valence electrons. The summed E-state index contributed by atoms with van der Waals surface area (Å²) < 4.78 is 2.31. The van der Waals surface area contributed by atoms with Gasteiger partial charge in [-0.1, -0.05) is 80.1 Å². The molecule has 0 radical (unpaired) electrons. The highest BCUT2D eigenvalue weighted by Gasteiger charge is 2.16. The van der Waals surface area contributed by atoms with E-state index in [2.05, 4.69) is 41.8 Å². The third-order valence-corrected chi connectivity index (χ3v) is 6.23. The van der Waals surface area contributed by atoms with E-state index >= 15 is 0 Å². The van der Waals surface area contributed by atoms with Crippen LogP contribution in [-0.4, -0.2) is 20.6 Å². The van der Waals surface area contributed by atoms with Crippen LogP contribution < -0.4 is 0 Å². The molecule has 0 atom stereocenters. The SMILES string of the molecule is CCCCc1nc2ccccc2n1Cc1ccc(-c2c(C(=O)O)ccc3ccccc23)cc1. The molecule has 5 aromatic rings. The first-order chi connectivity index (χ1) is 16.2. The van der Waals surface area contributed by atoms with Crippen LogP contribution in [0.5, 0.6) is 0 Å². The standard InChI is InChI=1S/C29H26N2O2/c1-2-3-12-27-30-25-10-6-7-11-26(25)31(27)19-20-13-15-22(16-14-20)28-23-9-5-4-8-21(23)17-18-24(28)29(32)33/h4-11,13-18H,2-3,12,19H2,1H3,(H,32,33). The largest absolute Gasteiger partial charge is 0.478 e. The van der Waals surface area contributed by atoms with Crippen LogP contribution >= 0.6 is 0 Å². The molecule has 1 aromatic heterocycles. The molecule has 0 amide bonds. The molecule has 5 rings (SSSR count). The van der Waals surface area contributed by atoms with Gasteiger partial charge in [0, 0.05) is 18.5 Å². The number of carboxylic acids is 1. The number of hydrogen-bond acceptors (Lipinski definition) is 2. The van der Waals surface area contributed by atoms with Gasteiger partial charge in [-0.2, -0.15) is 0 Å². The average Bonchev–Trinajstić information content (AvgIpc) is 3.19. The van der Waals surface area contributed by atoms with Crippen molar-refractivity contribution in [3.8, 4) is 11.1 Å². The van der Waals surface area contributed by atoms with E-state index in [0.717, 1.165) is 70.1 Å². The second-order valence-electron chi connectivity index (χ2n) is 8.42. The van der Waals surface area contributed by atoms with Crippen LogP contribution in [0.4, 0.5) is 0 Å². The highest BCUT2D eigenvalue weighted by molar-refractivity contribution is 6.07. The van der Waals surface area contributed by atoms with E-state index in [1.165, 1.54) is 0 Å². The minimum atomic E-state index is -0.912. The lowest BCUT2D eigenvalue weighted by Gasteiger charge is -2.13. The average molecular weight is 435 g/mol. The van der Waals surface area contributed by atoms with E-state index in [9.17, 15) is 9.90 Å². The molecule has 4 aromatic carbocycles. The van der Waals surface area contributed by atoms with Gasteiger partial charge >= 0.3 is 5.97 Å². The quantitative estimate of drug-likeness (QED) is 0.302. The summed E-state index contributed by atoms with van der Waals surface area (Å²) in [5, 5.41) is 11.8. The van der Waals surface area contributed by atoms with Crippen LogP contribution in [-0.2, 0) is 13.0 Å². The third-order valence-electron chi connectivity index (χ3n) is 6.23. The van der Waals surface area contributed by atoms with Crippen LogP contribution in [0.25, 0.3) is 32.9 Å². The summed E-state index contributed by atoms with van der Waals surface area (Å²) in [6, 6.07) is 28.1. The van der Waals surface area contributed by atoms with E-state index in [1.54, 1.807) is 6.07 Å². The number of para-hydroxylation sites is 2. The minimum Gasteiger partial charge on any atom is -0.478 e. The Balaban J connectivity index is 1.54. The summed E-state index contributed by atoms with van der Waals surface area (Å²) in [6.07, 6.45) is 3.21. The van der Waals surface area contributed by atoms with Gasteiger partial charge in [0.1, 0.15) is 5.82 Å². The van der Waals surface area contributed by atoms with Crippen molar-refractivity contribution in [2.75, 3.05) is 0 Å². The molecule has 0 bridgehead atoms. The molecule has 33 heavy (non-hydrogen) atoms. The van der Waals surface area contributed by atoms with E-state index < -0.39 is 5.97 Å². The Morgan fingerprint density at radius 2 is 1.67 bits per heavy atom. The van der Waals surface area contributed by atoms with Gasteiger partial charge in [-0.15, -0.1) is 0 Å². The van der Waals surface area contributed by atoms with Gasteiger partial charge in [0.15, 0.2) is 0 Å². The monoisotopic (exact) mass is 434 g/mol. The van der Waals surface area contributed by atoms with Crippen LogP contribution in [0.1, 0.15) is 41.5 Å². The second kappa shape index (κ2) is 8.91. The topological polar surface area (TPSA) is 55.1 Å². The minimum absolute atomic E-state index is 0.323. The van der Waals surface area contributed by atoms with E-state index in [0.29, 0.717) is 5.56 Å². The molecule has 0 fully saturated rings. The highest BCUT2D eigenvalue weighted by Crippen LogP contribution is 2.33. The molecular weight excluding hydrogens is 408 g/mol.